The van der Waals surface area contributed by atoms with E-state index in [1.807, 2.05) is 0 Å². The molecular weight excluding hydrogens is 234 g/mol. The minimum atomic E-state index is 0.345. The Labute approximate surface area is 115 Å². The molecule has 0 atom stereocenters. The molecular formula is C16H25N3. The Morgan fingerprint density at radius 2 is 1.79 bits per heavy atom. The second-order valence-corrected chi connectivity index (χ2v) is 7.39. The van der Waals surface area contributed by atoms with Crippen LogP contribution in [0, 0.1) is 17.8 Å². The Morgan fingerprint density at radius 1 is 1.21 bits per heavy atom. The lowest BCUT2D eigenvalue weighted by atomic mass is 9.48. The third kappa shape index (κ3) is 1.73. The third-order valence-electron chi connectivity index (χ3n) is 5.78. The van der Waals surface area contributed by atoms with Crippen LogP contribution in [0.5, 0.6) is 0 Å². The van der Waals surface area contributed by atoms with Gasteiger partial charge in [-0.1, -0.05) is 6.92 Å². The monoisotopic (exact) mass is 259 g/mol. The van der Waals surface area contributed by atoms with Crippen LogP contribution in [0.1, 0.15) is 57.6 Å². The van der Waals surface area contributed by atoms with Crippen molar-refractivity contribution in [3.05, 3.63) is 11.9 Å². The van der Waals surface area contributed by atoms with E-state index in [-0.39, 0.29) is 0 Å². The molecule has 4 aliphatic rings. The van der Waals surface area contributed by atoms with Crippen LogP contribution in [0.25, 0.3) is 0 Å². The van der Waals surface area contributed by atoms with Crippen molar-refractivity contribution >= 4 is 5.69 Å². The maximum atomic E-state index is 6.31. The fraction of sp³-hybridized carbons (Fsp3) is 0.812. The lowest BCUT2D eigenvalue weighted by molar-refractivity contribution is -0.00713. The molecule has 4 fully saturated rings. The van der Waals surface area contributed by atoms with E-state index in [1.54, 1.807) is 0 Å². The van der Waals surface area contributed by atoms with Crippen LogP contribution < -0.4 is 5.73 Å². The smallest absolute Gasteiger partial charge is 0.0915 e. The van der Waals surface area contributed by atoms with E-state index in [1.165, 1.54) is 44.2 Å². The van der Waals surface area contributed by atoms with Crippen molar-refractivity contribution in [3.8, 4) is 0 Å². The number of anilines is 1. The topological polar surface area (TPSA) is 43.8 Å². The summed E-state index contributed by atoms with van der Waals surface area (Å²) < 4.78 is 2.07. The highest BCUT2D eigenvalue weighted by atomic mass is 15.3. The fourth-order valence-corrected chi connectivity index (χ4v) is 5.59. The Balaban J connectivity index is 1.71. The summed E-state index contributed by atoms with van der Waals surface area (Å²) in [5.41, 5.74) is 8.86. The number of rotatable bonds is 3. The minimum absolute atomic E-state index is 0.345. The second-order valence-electron chi connectivity index (χ2n) is 7.39. The van der Waals surface area contributed by atoms with Gasteiger partial charge in [0.25, 0.3) is 0 Å². The van der Waals surface area contributed by atoms with Gasteiger partial charge >= 0.3 is 0 Å². The molecule has 0 unspecified atom stereocenters. The lowest BCUT2D eigenvalue weighted by Crippen LogP contribution is -2.49. The standard InChI is InChI=1S/C16H25N3/c1-2-3-19-10-14(17)15(18-19)16-7-11-4-12(8-16)6-13(5-11)9-16/h10-13H,2-9,17H2,1H3. The molecule has 1 aromatic rings. The first-order valence-corrected chi connectivity index (χ1v) is 8.02. The summed E-state index contributed by atoms with van der Waals surface area (Å²) in [6, 6.07) is 0. The molecule has 0 amide bonds. The van der Waals surface area contributed by atoms with Crippen LogP contribution in [-0.2, 0) is 12.0 Å². The first kappa shape index (κ1) is 11.8. The first-order valence-electron chi connectivity index (χ1n) is 8.02. The highest BCUT2D eigenvalue weighted by Crippen LogP contribution is 2.61. The quantitative estimate of drug-likeness (QED) is 0.904. The Hall–Kier alpha value is -0.990. The molecule has 0 spiro atoms. The predicted molar refractivity (Wildman–Crippen MR) is 76.8 cm³/mol. The van der Waals surface area contributed by atoms with Crippen LogP contribution >= 0.6 is 0 Å². The average Bonchev–Trinajstić information content (AvgIpc) is 2.70. The molecule has 5 rings (SSSR count). The van der Waals surface area contributed by atoms with Gasteiger partial charge in [-0.05, 0) is 62.7 Å². The molecule has 4 saturated carbocycles. The molecule has 19 heavy (non-hydrogen) atoms. The molecule has 4 bridgehead atoms. The van der Waals surface area contributed by atoms with Crippen LogP contribution in [0.3, 0.4) is 0 Å². The van der Waals surface area contributed by atoms with Gasteiger partial charge in [0.05, 0.1) is 11.4 Å². The van der Waals surface area contributed by atoms with Gasteiger partial charge in [0, 0.05) is 18.2 Å². The fourth-order valence-electron chi connectivity index (χ4n) is 5.59. The van der Waals surface area contributed by atoms with E-state index in [4.69, 9.17) is 10.8 Å². The van der Waals surface area contributed by atoms with E-state index >= 15 is 0 Å². The molecule has 2 N–H and O–H groups in total. The highest BCUT2D eigenvalue weighted by Gasteiger charge is 2.53. The zero-order chi connectivity index (χ0) is 13.0. The second kappa shape index (κ2) is 4.00. The first-order chi connectivity index (χ1) is 9.18. The summed E-state index contributed by atoms with van der Waals surface area (Å²) in [4.78, 5) is 0. The van der Waals surface area contributed by atoms with E-state index < -0.39 is 0 Å². The van der Waals surface area contributed by atoms with Gasteiger partial charge in [0.2, 0.25) is 0 Å². The van der Waals surface area contributed by atoms with Crippen molar-refractivity contribution in [2.45, 2.75) is 63.8 Å². The minimum Gasteiger partial charge on any atom is -0.396 e. The third-order valence-corrected chi connectivity index (χ3v) is 5.78. The molecule has 1 heterocycles. The Bertz CT molecular complexity index is 453. The number of aromatic nitrogens is 2. The van der Waals surface area contributed by atoms with Crippen molar-refractivity contribution in [3.63, 3.8) is 0 Å². The number of hydrogen-bond donors (Lipinski definition) is 1. The molecule has 0 radical (unpaired) electrons. The number of aryl methyl sites for hydroxylation is 1. The Morgan fingerprint density at radius 3 is 2.32 bits per heavy atom. The van der Waals surface area contributed by atoms with Gasteiger partial charge in [-0.25, -0.2) is 0 Å². The normalized spacial score (nSPS) is 39.9. The zero-order valence-electron chi connectivity index (χ0n) is 11.9. The van der Waals surface area contributed by atoms with Crippen molar-refractivity contribution in [1.82, 2.24) is 9.78 Å². The van der Waals surface area contributed by atoms with Gasteiger partial charge in [-0.3, -0.25) is 4.68 Å². The van der Waals surface area contributed by atoms with Crippen molar-refractivity contribution in [1.29, 1.82) is 0 Å². The molecule has 0 aromatic carbocycles. The molecule has 3 nitrogen and oxygen atoms in total. The van der Waals surface area contributed by atoms with Gasteiger partial charge < -0.3 is 5.73 Å². The van der Waals surface area contributed by atoms with Gasteiger partial charge in [-0.15, -0.1) is 0 Å². The van der Waals surface area contributed by atoms with Crippen LogP contribution in [0.2, 0.25) is 0 Å². The predicted octanol–water partition coefficient (Wildman–Crippen LogP) is 3.34. The summed E-state index contributed by atoms with van der Waals surface area (Å²) in [6.45, 7) is 3.19. The van der Waals surface area contributed by atoms with Crippen LogP contribution in [0.4, 0.5) is 5.69 Å². The van der Waals surface area contributed by atoms with Crippen molar-refractivity contribution in [2.24, 2.45) is 17.8 Å². The number of nitrogens with two attached hydrogens (primary N) is 1. The molecule has 4 aliphatic carbocycles. The van der Waals surface area contributed by atoms with E-state index in [0.29, 0.717) is 5.41 Å². The van der Waals surface area contributed by atoms with E-state index in [9.17, 15) is 0 Å². The molecule has 104 valence electrons. The number of hydrogen-bond acceptors (Lipinski definition) is 2. The lowest BCUT2D eigenvalue weighted by Gasteiger charge is -2.56. The van der Waals surface area contributed by atoms with Gasteiger partial charge in [-0.2, -0.15) is 5.10 Å². The van der Waals surface area contributed by atoms with Crippen molar-refractivity contribution < 1.29 is 0 Å². The highest BCUT2D eigenvalue weighted by molar-refractivity contribution is 5.46. The summed E-state index contributed by atoms with van der Waals surface area (Å²) in [5, 5.41) is 4.88. The molecule has 0 saturated heterocycles. The SMILES string of the molecule is CCCn1cc(N)c(C23CC4CC(CC(C4)C2)C3)n1. The van der Waals surface area contributed by atoms with E-state index in [2.05, 4.69) is 17.8 Å². The summed E-state index contributed by atoms with van der Waals surface area (Å²) in [7, 11) is 0. The number of nitrogen functional groups attached to an aromatic ring is 1. The molecule has 3 heteroatoms. The van der Waals surface area contributed by atoms with Crippen LogP contribution in [0.15, 0.2) is 6.20 Å². The summed E-state index contributed by atoms with van der Waals surface area (Å²) >= 11 is 0. The van der Waals surface area contributed by atoms with E-state index in [0.717, 1.165) is 36.4 Å². The largest absolute Gasteiger partial charge is 0.396 e. The number of nitrogens with zero attached hydrogens (tertiary/aromatic N) is 2. The maximum Gasteiger partial charge on any atom is 0.0915 e. The zero-order valence-corrected chi connectivity index (χ0v) is 11.9. The molecule has 0 aliphatic heterocycles. The molecule has 1 aromatic heterocycles. The summed E-state index contributed by atoms with van der Waals surface area (Å²) in [5.74, 6) is 2.88. The maximum absolute atomic E-state index is 6.31. The average molecular weight is 259 g/mol. The van der Waals surface area contributed by atoms with Gasteiger partial charge in [0.15, 0.2) is 0 Å². The summed E-state index contributed by atoms with van der Waals surface area (Å²) in [6.07, 6.45) is 11.7. The van der Waals surface area contributed by atoms with Crippen molar-refractivity contribution in [2.75, 3.05) is 5.73 Å². The van der Waals surface area contributed by atoms with Gasteiger partial charge in [0.1, 0.15) is 0 Å². The van der Waals surface area contributed by atoms with Crippen LogP contribution in [-0.4, -0.2) is 9.78 Å². The Kier molecular flexibility index (Phi) is 2.49.